The summed E-state index contributed by atoms with van der Waals surface area (Å²) in [6.45, 7) is 5.37. The molecule has 1 aromatic heterocycles. The lowest BCUT2D eigenvalue weighted by molar-refractivity contribution is 0.00159. The van der Waals surface area contributed by atoms with Crippen LogP contribution in [0, 0.1) is 0 Å². The molecule has 2 saturated heterocycles. The van der Waals surface area contributed by atoms with Crippen LogP contribution < -0.4 is 0 Å². The van der Waals surface area contributed by atoms with Gasteiger partial charge in [0.1, 0.15) is 0 Å². The lowest BCUT2D eigenvalue weighted by Gasteiger charge is -2.40. The molecule has 24 heavy (non-hydrogen) atoms. The summed E-state index contributed by atoms with van der Waals surface area (Å²) in [5.41, 5.74) is 1.62. The first-order valence-electron chi connectivity index (χ1n) is 8.77. The first-order chi connectivity index (χ1) is 11.8. The molecule has 2 fully saturated rings. The van der Waals surface area contributed by atoms with E-state index in [9.17, 15) is 4.79 Å². The molecular formula is C19H23N3O2. The van der Waals surface area contributed by atoms with Gasteiger partial charge < -0.3 is 9.64 Å². The molecule has 2 aliphatic heterocycles. The molecule has 2 aliphatic rings. The Bertz CT molecular complexity index is 719. The van der Waals surface area contributed by atoms with Crippen LogP contribution in [0.15, 0.2) is 36.5 Å². The Kier molecular flexibility index (Phi) is 4.45. The van der Waals surface area contributed by atoms with Crippen molar-refractivity contribution < 1.29 is 9.53 Å². The second kappa shape index (κ2) is 6.87. The summed E-state index contributed by atoms with van der Waals surface area (Å²) in [5, 5.41) is 1.02. The van der Waals surface area contributed by atoms with E-state index in [2.05, 4.69) is 9.88 Å². The highest BCUT2D eigenvalue weighted by Crippen LogP contribution is 2.20. The van der Waals surface area contributed by atoms with Crippen LogP contribution in [0.1, 0.15) is 23.2 Å². The molecule has 5 nitrogen and oxygen atoms in total. The van der Waals surface area contributed by atoms with Crippen LogP contribution in [0.25, 0.3) is 10.9 Å². The predicted molar refractivity (Wildman–Crippen MR) is 93.1 cm³/mol. The minimum atomic E-state index is 0.105. The lowest BCUT2D eigenvalue weighted by Crippen LogP contribution is -2.50. The van der Waals surface area contributed by atoms with E-state index in [0.29, 0.717) is 11.6 Å². The van der Waals surface area contributed by atoms with Gasteiger partial charge in [-0.15, -0.1) is 0 Å². The van der Waals surface area contributed by atoms with E-state index in [1.807, 2.05) is 35.2 Å². The minimum Gasteiger partial charge on any atom is -0.379 e. The van der Waals surface area contributed by atoms with Gasteiger partial charge in [-0.2, -0.15) is 0 Å². The summed E-state index contributed by atoms with van der Waals surface area (Å²) in [5.74, 6) is 0.105. The molecule has 1 aromatic carbocycles. The van der Waals surface area contributed by atoms with Crippen molar-refractivity contribution in [3.05, 3.63) is 42.1 Å². The third-order valence-electron chi connectivity index (χ3n) is 5.15. The molecule has 3 heterocycles. The summed E-state index contributed by atoms with van der Waals surface area (Å²) in [4.78, 5) is 21.7. The van der Waals surface area contributed by atoms with Gasteiger partial charge >= 0.3 is 0 Å². The van der Waals surface area contributed by atoms with Crippen molar-refractivity contribution in [1.29, 1.82) is 0 Å². The van der Waals surface area contributed by atoms with E-state index in [1.165, 1.54) is 0 Å². The molecule has 2 aromatic rings. The summed E-state index contributed by atoms with van der Waals surface area (Å²) in [6.07, 6.45) is 3.80. The number of aromatic nitrogens is 1. The molecule has 0 spiro atoms. The number of carbonyl (C=O) groups is 1. The molecule has 0 saturated carbocycles. The van der Waals surface area contributed by atoms with Crippen molar-refractivity contribution in [1.82, 2.24) is 14.8 Å². The standard InChI is InChI=1S/C19H23N3O2/c23-19(16-13-15-3-1-2-4-18(15)20-14-16)22-7-5-17(6-8-22)21-9-11-24-12-10-21/h1-4,13-14,17H,5-12H2. The van der Waals surface area contributed by atoms with Crippen LogP contribution in [-0.4, -0.2) is 66.1 Å². The second-order valence-corrected chi connectivity index (χ2v) is 6.59. The molecule has 4 rings (SSSR count). The van der Waals surface area contributed by atoms with E-state index in [1.54, 1.807) is 6.20 Å². The Morgan fingerprint density at radius 2 is 1.83 bits per heavy atom. The van der Waals surface area contributed by atoms with Gasteiger partial charge in [0.15, 0.2) is 0 Å². The third kappa shape index (κ3) is 3.14. The van der Waals surface area contributed by atoms with E-state index in [0.717, 1.165) is 63.1 Å². The Morgan fingerprint density at radius 3 is 2.62 bits per heavy atom. The molecule has 1 amide bonds. The van der Waals surface area contributed by atoms with Gasteiger partial charge in [-0.3, -0.25) is 14.7 Å². The zero-order valence-electron chi connectivity index (χ0n) is 13.9. The fourth-order valence-electron chi connectivity index (χ4n) is 3.75. The van der Waals surface area contributed by atoms with Crippen molar-refractivity contribution in [3.63, 3.8) is 0 Å². The largest absolute Gasteiger partial charge is 0.379 e. The highest BCUT2D eigenvalue weighted by molar-refractivity contribution is 5.97. The number of amides is 1. The maximum absolute atomic E-state index is 12.8. The van der Waals surface area contributed by atoms with Crippen LogP contribution >= 0.6 is 0 Å². The molecule has 126 valence electrons. The first-order valence-corrected chi connectivity index (χ1v) is 8.77. The van der Waals surface area contributed by atoms with Gasteiger partial charge in [-0.25, -0.2) is 0 Å². The van der Waals surface area contributed by atoms with Crippen molar-refractivity contribution in [3.8, 4) is 0 Å². The summed E-state index contributed by atoms with van der Waals surface area (Å²) < 4.78 is 5.43. The second-order valence-electron chi connectivity index (χ2n) is 6.59. The topological polar surface area (TPSA) is 45.7 Å². The molecule has 0 aliphatic carbocycles. The number of ether oxygens (including phenoxy) is 1. The number of benzene rings is 1. The monoisotopic (exact) mass is 325 g/mol. The van der Waals surface area contributed by atoms with Crippen LogP contribution in [-0.2, 0) is 4.74 Å². The number of carbonyl (C=O) groups excluding carboxylic acids is 1. The van der Waals surface area contributed by atoms with E-state index in [-0.39, 0.29) is 5.91 Å². The van der Waals surface area contributed by atoms with E-state index < -0.39 is 0 Å². The van der Waals surface area contributed by atoms with Gasteiger partial charge in [0, 0.05) is 43.8 Å². The number of nitrogens with zero attached hydrogens (tertiary/aromatic N) is 3. The number of hydrogen-bond donors (Lipinski definition) is 0. The number of hydrogen-bond acceptors (Lipinski definition) is 4. The number of pyridine rings is 1. The van der Waals surface area contributed by atoms with Gasteiger partial charge in [0.25, 0.3) is 5.91 Å². The highest BCUT2D eigenvalue weighted by Gasteiger charge is 2.28. The van der Waals surface area contributed by atoms with Gasteiger partial charge in [0.2, 0.25) is 0 Å². The smallest absolute Gasteiger partial charge is 0.255 e. The fraction of sp³-hybridized carbons (Fsp3) is 0.474. The van der Waals surface area contributed by atoms with Crippen LogP contribution in [0.5, 0.6) is 0 Å². The Labute approximate surface area is 142 Å². The number of likely N-dealkylation sites (tertiary alicyclic amines) is 1. The summed E-state index contributed by atoms with van der Waals surface area (Å²) >= 11 is 0. The van der Waals surface area contributed by atoms with Crippen molar-refractivity contribution in [2.75, 3.05) is 39.4 Å². The Balaban J connectivity index is 1.41. The van der Waals surface area contributed by atoms with Gasteiger partial charge in [-0.05, 0) is 25.0 Å². The van der Waals surface area contributed by atoms with Crippen LogP contribution in [0.3, 0.4) is 0 Å². The van der Waals surface area contributed by atoms with Crippen molar-refractivity contribution in [2.24, 2.45) is 0 Å². The van der Waals surface area contributed by atoms with E-state index in [4.69, 9.17) is 4.74 Å². The van der Waals surface area contributed by atoms with Gasteiger partial charge in [0.05, 0.1) is 24.3 Å². The molecule has 0 unspecified atom stereocenters. The minimum absolute atomic E-state index is 0.105. The van der Waals surface area contributed by atoms with Crippen molar-refractivity contribution in [2.45, 2.75) is 18.9 Å². The maximum Gasteiger partial charge on any atom is 0.255 e. The summed E-state index contributed by atoms with van der Waals surface area (Å²) in [6, 6.07) is 10.5. The molecule has 0 N–H and O–H groups in total. The fourth-order valence-corrected chi connectivity index (χ4v) is 3.75. The maximum atomic E-state index is 12.8. The number of para-hydroxylation sites is 1. The molecule has 0 atom stereocenters. The van der Waals surface area contributed by atoms with Gasteiger partial charge in [-0.1, -0.05) is 18.2 Å². The molecular weight excluding hydrogens is 302 g/mol. The summed E-state index contributed by atoms with van der Waals surface area (Å²) in [7, 11) is 0. The molecule has 0 radical (unpaired) electrons. The predicted octanol–water partition coefficient (Wildman–Crippen LogP) is 2.17. The van der Waals surface area contributed by atoms with Crippen molar-refractivity contribution >= 4 is 16.8 Å². The number of piperidine rings is 1. The zero-order chi connectivity index (χ0) is 16.4. The highest BCUT2D eigenvalue weighted by atomic mass is 16.5. The molecule has 0 bridgehead atoms. The molecule has 5 heteroatoms. The number of rotatable bonds is 2. The lowest BCUT2D eigenvalue weighted by atomic mass is 10.0. The van der Waals surface area contributed by atoms with Crippen LogP contribution in [0.4, 0.5) is 0 Å². The third-order valence-corrected chi connectivity index (χ3v) is 5.15. The number of fused-ring (bicyclic) bond motifs is 1. The SMILES string of the molecule is O=C(c1cnc2ccccc2c1)N1CCC(N2CCOCC2)CC1. The quantitative estimate of drug-likeness (QED) is 0.849. The zero-order valence-corrected chi connectivity index (χ0v) is 13.9. The number of morpholine rings is 1. The average molecular weight is 325 g/mol. The average Bonchev–Trinajstić information content (AvgIpc) is 2.68. The Hall–Kier alpha value is -1.98. The first kappa shape index (κ1) is 15.5. The van der Waals surface area contributed by atoms with Crippen LogP contribution in [0.2, 0.25) is 0 Å². The normalized spacial score (nSPS) is 20.4. The van der Waals surface area contributed by atoms with E-state index >= 15 is 0 Å². The Morgan fingerprint density at radius 1 is 1.08 bits per heavy atom.